The van der Waals surface area contributed by atoms with Crippen LogP contribution in [0.25, 0.3) is 0 Å². The van der Waals surface area contributed by atoms with Gasteiger partial charge in [-0.05, 0) is 34.4 Å². The average molecular weight is 216 g/mol. The number of ether oxygens (including phenoxy) is 1. The normalized spacial score (nSPS) is 13.8. The Morgan fingerprint density at radius 1 is 1.33 bits per heavy atom. The Morgan fingerprint density at radius 3 is 2.47 bits per heavy atom. The second-order valence-electron chi connectivity index (χ2n) is 4.40. The van der Waals surface area contributed by atoms with Gasteiger partial charge in [0.2, 0.25) is 0 Å². The van der Waals surface area contributed by atoms with Crippen molar-refractivity contribution in [3.05, 3.63) is 0 Å². The standard InChI is InChI=1S/C12H28N2O/c1-6-7-12(10-13-4)14(5)8-9-15-11(2)3/h11-13H,6-10H2,1-5H3. The fourth-order valence-corrected chi connectivity index (χ4v) is 1.66. The summed E-state index contributed by atoms with van der Waals surface area (Å²) >= 11 is 0. The van der Waals surface area contributed by atoms with E-state index in [1.54, 1.807) is 0 Å². The highest BCUT2D eigenvalue weighted by Gasteiger charge is 2.12. The van der Waals surface area contributed by atoms with E-state index < -0.39 is 0 Å². The molecule has 3 heteroatoms. The quantitative estimate of drug-likeness (QED) is 0.635. The first-order valence-corrected chi connectivity index (χ1v) is 6.08. The van der Waals surface area contributed by atoms with Crippen LogP contribution in [0, 0.1) is 0 Å². The van der Waals surface area contributed by atoms with Crippen LogP contribution in [0.1, 0.15) is 33.6 Å². The van der Waals surface area contributed by atoms with Crippen LogP contribution < -0.4 is 5.32 Å². The molecule has 1 unspecified atom stereocenters. The molecule has 92 valence electrons. The molecule has 15 heavy (non-hydrogen) atoms. The Bertz CT molecular complexity index is 134. The number of nitrogens with one attached hydrogen (secondary N) is 1. The van der Waals surface area contributed by atoms with Crippen LogP contribution in [-0.4, -0.2) is 50.8 Å². The maximum atomic E-state index is 5.56. The highest BCUT2D eigenvalue weighted by molar-refractivity contribution is 4.70. The molecule has 0 saturated carbocycles. The summed E-state index contributed by atoms with van der Waals surface area (Å²) in [5.41, 5.74) is 0. The minimum atomic E-state index is 0.340. The summed E-state index contributed by atoms with van der Waals surface area (Å²) in [4.78, 5) is 2.39. The van der Waals surface area contributed by atoms with Crippen molar-refractivity contribution in [2.45, 2.75) is 45.8 Å². The van der Waals surface area contributed by atoms with Gasteiger partial charge < -0.3 is 10.1 Å². The van der Waals surface area contributed by atoms with Crippen LogP contribution in [0.3, 0.4) is 0 Å². The van der Waals surface area contributed by atoms with Gasteiger partial charge in [-0.15, -0.1) is 0 Å². The van der Waals surface area contributed by atoms with E-state index in [9.17, 15) is 0 Å². The van der Waals surface area contributed by atoms with Gasteiger partial charge in [0.05, 0.1) is 12.7 Å². The summed E-state index contributed by atoms with van der Waals surface area (Å²) in [6.07, 6.45) is 2.83. The van der Waals surface area contributed by atoms with Crippen molar-refractivity contribution in [1.82, 2.24) is 10.2 Å². The van der Waals surface area contributed by atoms with Gasteiger partial charge in [0.25, 0.3) is 0 Å². The molecule has 0 aromatic heterocycles. The minimum absolute atomic E-state index is 0.340. The van der Waals surface area contributed by atoms with Crippen molar-refractivity contribution in [3.8, 4) is 0 Å². The van der Waals surface area contributed by atoms with E-state index >= 15 is 0 Å². The third-order valence-corrected chi connectivity index (χ3v) is 2.58. The third-order valence-electron chi connectivity index (χ3n) is 2.58. The number of nitrogens with zero attached hydrogens (tertiary/aromatic N) is 1. The molecule has 0 rings (SSSR count). The van der Waals surface area contributed by atoms with Crippen molar-refractivity contribution in [3.63, 3.8) is 0 Å². The van der Waals surface area contributed by atoms with Crippen molar-refractivity contribution < 1.29 is 4.74 Å². The zero-order chi connectivity index (χ0) is 11.7. The molecule has 0 bridgehead atoms. The molecule has 0 fully saturated rings. The minimum Gasteiger partial charge on any atom is -0.377 e. The van der Waals surface area contributed by atoms with E-state index in [-0.39, 0.29) is 0 Å². The van der Waals surface area contributed by atoms with Gasteiger partial charge in [-0.3, -0.25) is 4.90 Å². The van der Waals surface area contributed by atoms with Crippen molar-refractivity contribution in [2.24, 2.45) is 0 Å². The molecule has 0 spiro atoms. The van der Waals surface area contributed by atoms with Gasteiger partial charge in [-0.25, -0.2) is 0 Å². The number of rotatable bonds is 9. The second-order valence-corrected chi connectivity index (χ2v) is 4.40. The third kappa shape index (κ3) is 7.77. The molecule has 0 heterocycles. The zero-order valence-electron chi connectivity index (χ0n) is 11.0. The van der Waals surface area contributed by atoms with E-state index in [1.165, 1.54) is 12.8 Å². The van der Waals surface area contributed by atoms with Gasteiger partial charge in [0, 0.05) is 19.1 Å². The highest BCUT2D eigenvalue weighted by Crippen LogP contribution is 2.04. The average Bonchev–Trinajstić information content (AvgIpc) is 2.16. The van der Waals surface area contributed by atoms with E-state index in [4.69, 9.17) is 4.74 Å². The maximum Gasteiger partial charge on any atom is 0.0596 e. The van der Waals surface area contributed by atoms with Crippen molar-refractivity contribution >= 4 is 0 Å². The molecule has 1 atom stereocenters. The molecule has 0 saturated heterocycles. The molecule has 0 aromatic carbocycles. The summed E-state index contributed by atoms with van der Waals surface area (Å²) < 4.78 is 5.56. The predicted molar refractivity (Wildman–Crippen MR) is 66.3 cm³/mol. The first-order chi connectivity index (χ1) is 7.11. The Morgan fingerprint density at radius 2 is 2.00 bits per heavy atom. The molecular formula is C12H28N2O. The first-order valence-electron chi connectivity index (χ1n) is 6.08. The lowest BCUT2D eigenvalue weighted by molar-refractivity contribution is 0.0549. The fourth-order valence-electron chi connectivity index (χ4n) is 1.66. The van der Waals surface area contributed by atoms with Gasteiger partial charge in [0.15, 0.2) is 0 Å². The molecular weight excluding hydrogens is 188 g/mol. The van der Waals surface area contributed by atoms with Crippen molar-refractivity contribution in [2.75, 3.05) is 33.8 Å². The molecule has 0 aliphatic carbocycles. The van der Waals surface area contributed by atoms with Crippen LogP contribution in [0.4, 0.5) is 0 Å². The Hall–Kier alpha value is -0.120. The zero-order valence-corrected chi connectivity index (χ0v) is 11.0. The topological polar surface area (TPSA) is 24.5 Å². The van der Waals surface area contributed by atoms with Gasteiger partial charge in [-0.1, -0.05) is 13.3 Å². The van der Waals surface area contributed by atoms with Gasteiger partial charge >= 0.3 is 0 Å². The summed E-state index contributed by atoms with van der Waals surface area (Å²) in [5, 5.41) is 3.25. The van der Waals surface area contributed by atoms with Crippen LogP contribution in [-0.2, 0) is 4.74 Å². The lowest BCUT2D eigenvalue weighted by atomic mass is 10.1. The maximum absolute atomic E-state index is 5.56. The monoisotopic (exact) mass is 216 g/mol. The van der Waals surface area contributed by atoms with Gasteiger partial charge in [-0.2, -0.15) is 0 Å². The van der Waals surface area contributed by atoms with Crippen LogP contribution >= 0.6 is 0 Å². The van der Waals surface area contributed by atoms with E-state index in [1.807, 2.05) is 7.05 Å². The van der Waals surface area contributed by atoms with E-state index in [2.05, 4.69) is 38.0 Å². The molecule has 0 aliphatic rings. The molecule has 0 radical (unpaired) electrons. The molecule has 1 N–H and O–H groups in total. The van der Waals surface area contributed by atoms with Crippen molar-refractivity contribution in [1.29, 1.82) is 0 Å². The SMILES string of the molecule is CCCC(CNC)N(C)CCOC(C)C. The van der Waals surface area contributed by atoms with Crippen LogP contribution in [0.5, 0.6) is 0 Å². The smallest absolute Gasteiger partial charge is 0.0596 e. The van der Waals surface area contributed by atoms with E-state index in [0.717, 1.165) is 19.7 Å². The van der Waals surface area contributed by atoms with Crippen LogP contribution in [0.2, 0.25) is 0 Å². The largest absolute Gasteiger partial charge is 0.377 e. The number of hydrogen-bond acceptors (Lipinski definition) is 3. The number of likely N-dealkylation sites (N-methyl/N-ethyl adjacent to an activating group) is 2. The summed E-state index contributed by atoms with van der Waals surface area (Å²) in [5.74, 6) is 0. The van der Waals surface area contributed by atoms with Crippen LogP contribution in [0.15, 0.2) is 0 Å². The van der Waals surface area contributed by atoms with Gasteiger partial charge in [0.1, 0.15) is 0 Å². The summed E-state index contributed by atoms with van der Waals surface area (Å²) in [6.45, 7) is 9.31. The van der Waals surface area contributed by atoms with E-state index in [0.29, 0.717) is 12.1 Å². The fraction of sp³-hybridized carbons (Fsp3) is 1.00. The first kappa shape index (κ1) is 14.9. The lowest BCUT2D eigenvalue weighted by Crippen LogP contribution is -2.40. The lowest BCUT2D eigenvalue weighted by Gasteiger charge is -2.27. The number of hydrogen-bond donors (Lipinski definition) is 1. The second kappa shape index (κ2) is 9.13. The summed E-state index contributed by atoms with van der Waals surface area (Å²) in [7, 11) is 4.20. The predicted octanol–water partition coefficient (Wildman–Crippen LogP) is 1.73. The Balaban J connectivity index is 3.74. The highest BCUT2D eigenvalue weighted by atomic mass is 16.5. The molecule has 0 aliphatic heterocycles. The Labute approximate surface area is 95.2 Å². The summed E-state index contributed by atoms with van der Waals surface area (Å²) in [6, 6.07) is 0.635. The molecule has 3 nitrogen and oxygen atoms in total. The molecule has 0 aromatic rings. The molecule has 0 amide bonds. The Kier molecular flexibility index (Phi) is 9.06.